The van der Waals surface area contributed by atoms with Crippen LogP contribution in [-0.2, 0) is 25.5 Å². The van der Waals surface area contributed by atoms with E-state index in [9.17, 15) is 24.4 Å². The van der Waals surface area contributed by atoms with Gasteiger partial charge in [-0.2, -0.15) is 10.4 Å². The number of hydrogen-bond donors (Lipinski definition) is 1. The quantitative estimate of drug-likeness (QED) is 0.501. The van der Waals surface area contributed by atoms with Gasteiger partial charge in [-0.1, -0.05) is 31.4 Å². The van der Waals surface area contributed by atoms with E-state index in [1.807, 2.05) is 23.7 Å². The molecule has 2 aromatic rings. The minimum absolute atomic E-state index is 0.00970. The highest BCUT2D eigenvalue weighted by atomic mass is 16.5. The molecule has 250 valence electrons. The predicted molar refractivity (Wildman–Crippen MR) is 172 cm³/mol. The Balaban J connectivity index is 0.000000171. The van der Waals surface area contributed by atoms with Gasteiger partial charge in [0.2, 0.25) is 11.8 Å². The molecule has 47 heavy (non-hydrogen) atoms. The van der Waals surface area contributed by atoms with Crippen LogP contribution in [0.4, 0.5) is 11.5 Å². The number of nitriles is 1. The van der Waals surface area contributed by atoms with Gasteiger partial charge in [-0.15, -0.1) is 0 Å². The first-order valence-corrected chi connectivity index (χ1v) is 16.8. The summed E-state index contributed by atoms with van der Waals surface area (Å²) in [7, 11) is 0. The first kappa shape index (κ1) is 32.5. The molecule has 2 saturated carbocycles. The van der Waals surface area contributed by atoms with Gasteiger partial charge in [-0.25, -0.2) is 4.68 Å². The number of anilines is 2. The molecule has 13 nitrogen and oxygen atoms in total. The van der Waals surface area contributed by atoms with Crippen LogP contribution >= 0.6 is 0 Å². The van der Waals surface area contributed by atoms with Crippen LogP contribution in [0.1, 0.15) is 86.8 Å². The number of ether oxygens (including phenoxy) is 2. The molecule has 8 rings (SSSR count). The highest BCUT2D eigenvalue weighted by Crippen LogP contribution is 2.49. The maximum atomic E-state index is 13.5. The van der Waals surface area contributed by atoms with E-state index >= 15 is 0 Å². The largest absolute Gasteiger partial charge is 0.482 e. The van der Waals surface area contributed by atoms with Crippen LogP contribution in [0.5, 0.6) is 5.75 Å². The van der Waals surface area contributed by atoms with Crippen molar-refractivity contribution in [3.8, 4) is 11.8 Å². The van der Waals surface area contributed by atoms with Crippen molar-refractivity contribution in [1.82, 2.24) is 14.7 Å². The van der Waals surface area contributed by atoms with Crippen LogP contribution in [0, 0.1) is 17.2 Å². The van der Waals surface area contributed by atoms with Crippen molar-refractivity contribution in [1.29, 1.82) is 5.26 Å². The van der Waals surface area contributed by atoms with Crippen molar-refractivity contribution < 1.29 is 28.7 Å². The number of benzene rings is 1. The number of aromatic nitrogens is 2. The number of fused-ring (bicyclic) bond motifs is 3. The number of likely N-dealkylation sites (tertiary alicyclic amines) is 1. The topological polar surface area (TPSA) is 164 Å². The van der Waals surface area contributed by atoms with Crippen LogP contribution in [0.3, 0.4) is 0 Å². The molecule has 3 atom stereocenters. The Labute approximate surface area is 274 Å². The summed E-state index contributed by atoms with van der Waals surface area (Å²) in [6, 6.07) is 9.48. The number of nitrogens with zero attached hydrogens (tertiary/aromatic N) is 6. The van der Waals surface area contributed by atoms with Gasteiger partial charge >= 0.3 is 0 Å². The maximum absolute atomic E-state index is 13.5. The second-order valence-corrected chi connectivity index (χ2v) is 12.8. The number of primary amides is 1. The van der Waals surface area contributed by atoms with Crippen LogP contribution in [0.2, 0.25) is 0 Å². The molecule has 5 heterocycles. The van der Waals surface area contributed by atoms with E-state index in [1.54, 1.807) is 21.9 Å². The Bertz CT molecular complexity index is 1560. The third kappa shape index (κ3) is 6.98. The Morgan fingerprint density at radius 2 is 1.79 bits per heavy atom. The molecular weight excluding hydrogens is 602 g/mol. The molecule has 13 heteroatoms. The van der Waals surface area contributed by atoms with Crippen molar-refractivity contribution >= 4 is 35.1 Å². The van der Waals surface area contributed by atoms with E-state index in [4.69, 9.17) is 20.3 Å². The summed E-state index contributed by atoms with van der Waals surface area (Å²) in [6.07, 6.45) is 9.00. The highest BCUT2D eigenvalue weighted by Gasteiger charge is 2.55. The average molecular weight is 646 g/mol. The molecule has 4 aliphatic heterocycles. The number of amides is 4. The molecular formula is C34H43N7O6. The second kappa shape index (κ2) is 14.1. The summed E-state index contributed by atoms with van der Waals surface area (Å²) in [5.74, 6) is 1.29. The van der Waals surface area contributed by atoms with Crippen LogP contribution < -0.4 is 20.3 Å². The lowest BCUT2D eigenvalue weighted by Gasteiger charge is -2.31. The fourth-order valence-corrected chi connectivity index (χ4v) is 6.75. The monoisotopic (exact) mass is 645 g/mol. The zero-order chi connectivity index (χ0) is 33.1. The standard InChI is InChI=1S/C20H25N5O3.C11H12N2O3.C3H6/c1-2-23-17(26)4-3-15-18(20(27)24-14(11-21)9-12-10-16(12)24)22-25(19(15)23)13-5-7-28-8-6-13;12-10(14)5-6-13-8-3-1-2-4-9(8)16-7-11(13)15;1-2-3-1/h12-14,16H,2-10H2,1H3;1-4H,5-7H2,(H2,12,14);1-3H2. The van der Waals surface area contributed by atoms with E-state index in [0.717, 1.165) is 37.1 Å². The number of carbonyl (C=O) groups excluding carboxylic acids is 4. The number of nitrogens with two attached hydrogens (primary N) is 1. The number of carbonyl (C=O) groups is 4. The van der Waals surface area contributed by atoms with Crippen LogP contribution in [-0.4, -0.2) is 83.3 Å². The molecule has 1 aromatic carbocycles. The van der Waals surface area contributed by atoms with Gasteiger partial charge in [0.25, 0.3) is 11.8 Å². The van der Waals surface area contributed by atoms with Crippen molar-refractivity contribution in [2.24, 2.45) is 11.7 Å². The van der Waals surface area contributed by atoms with E-state index in [-0.39, 0.29) is 48.9 Å². The Hall–Kier alpha value is -4.44. The summed E-state index contributed by atoms with van der Waals surface area (Å²) >= 11 is 0. The summed E-state index contributed by atoms with van der Waals surface area (Å²) in [4.78, 5) is 53.4. The summed E-state index contributed by atoms with van der Waals surface area (Å²) in [5.41, 5.74) is 7.08. The van der Waals surface area contributed by atoms with E-state index < -0.39 is 5.91 Å². The molecule has 6 aliphatic rings. The molecule has 0 bridgehead atoms. The molecule has 3 unspecified atom stereocenters. The normalized spacial score (nSPS) is 23.9. The van der Waals surface area contributed by atoms with E-state index in [0.29, 0.717) is 62.2 Å². The van der Waals surface area contributed by atoms with Gasteiger partial charge in [0.05, 0.1) is 17.8 Å². The van der Waals surface area contributed by atoms with Gasteiger partial charge in [-0.05, 0) is 57.1 Å². The third-order valence-electron chi connectivity index (χ3n) is 9.41. The molecule has 2 aliphatic carbocycles. The fourth-order valence-electron chi connectivity index (χ4n) is 6.75. The Morgan fingerprint density at radius 3 is 2.47 bits per heavy atom. The first-order chi connectivity index (χ1) is 22.8. The maximum Gasteiger partial charge on any atom is 0.276 e. The number of rotatable bonds is 6. The van der Waals surface area contributed by atoms with Gasteiger partial charge in [0, 0.05) is 50.8 Å². The minimum atomic E-state index is -0.420. The van der Waals surface area contributed by atoms with E-state index in [1.165, 1.54) is 24.2 Å². The Kier molecular flexibility index (Phi) is 9.77. The fraction of sp³-hybridized carbons (Fsp3) is 0.588. The molecule has 1 aromatic heterocycles. The van der Waals surface area contributed by atoms with Crippen molar-refractivity contribution in [3.63, 3.8) is 0 Å². The van der Waals surface area contributed by atoms with Gasteiger partial charge in [0.1, 0.15) is 17.6 Å². The van der Waals surface area contributed by atoms with Crippen molar-refractivity contribution in [3.05, 3.63) is 35.5 Å². The van der Waals surface area contributed by atoms with Crippen molar-refractivity contribution in [2.75, 3.05) is 42.7 Å². The number of hydrogen-bond acceptors (Lipinski definition) is 8. The van der Waals surface area contributed by atoms with Gasteiger partial charge in [-0.3, -0.25) is 24.1 Å². The van der Waals surface area contributed by atoms with Crippen molar-refractivity contribution in [2.45, 2.75) is 89.3 Å². The summed E-state index contributed by atoms with van der Waals surface area (Å²) in [6.45, 7) is 4.15. The lowest BCUT2D eigenvalue weighted by atomic mass is 10.0. The average Bonchev–Trinajstić information content (AvgIpc) is 4.04. The minimum Gasteiger partial charge on any atom is -0.482 e. The molecule has 4 fully saturated rings. The van der Waals surface area contributed by atoms with Gasteiger partial charge < -0.3 is 25.0 Å². The SMILES string of the molecule is C1CC1.CCN1C(=O)CCc2c(C(=O)N3C(C#N)CC4CC43)nn(C3CCOCC3)c21.NC(=O)CCN1C(=O)COc2ccccc21. The van der Waals surface area contributed by atoms with Crippen LogP contribution in [0.15, 0.2) is 24.3 Å². The number of piperidine rings is 1. The van der Waals surface area contributed by atoms with Gasteiger partial charge in [0.15, 0.2) is 12.3 Å². The third-order valence-corrected chi connectivity index (χ3v) is 9.41. The zero-order valence-electron chi connectivity index (χ0n) is 26.9. The molecule has 2 saturated heterocycles. The summed E-state index contributed by atoms with van der Waals surface area (Å²) in [5, 5.41) is 14.3. The van der Waals surface area contributed by atoms with E-state index in [2.05, 4.69) is 6.07 Å². The summed E-state index contributed by atoms with van der Waals surface area (Å²) < 4.78 is 12.7. The molecule has 2 N–H and O–H groups in total. The second-order valence-electron chi connectivity index (χ2n) is 12.8. The lowest BCUT2D eigenvalue weighted by molar-refractivity contribution is -0.121. The smallest absolute Gasteiger partial charge is 0.276 e. The zero-order valence-corrected chi connectivity index (χ0v) is 26.9. The number of para-hydroxylation sites is 2. The highest BCUT2D eigenvalue weighted by molar-refractivity contribution is 6.01. The van der Waals surface area contributed by atoms with Crippen LogP contribution in [0.25, 0.3) is 0 Å². The molecule has 0 radical (unpaired) electrons. The lowest BCUT2D eigenvalue weighted by Crippen LogP contribution is -2.40. The molecule has 0 spiro atoms. The first-order valence-electron chi connectivity index (χ1n) is 16.8. The molecule has 4 amide bonds. The predicted octanol–water partition coefficient (Wildman–Crippen LogP) is 3.12. The Morgan fingerprint density at radius 1 is 1.04 bits per heavy atom.